The number of piperidine rings is 1. The number of hydrogen-bond donors (Lipinski definition) is 2. The van der Waals surface area contributed by atoms with Gasteiger partial charge in [0.05, 0.1) is 16.0 Å². The summed E-state index contributed by atoms with van der Waals surface area (Å²) >= 11 is 12.3. The van der Waals surface area contributed by atoms with E-state index in [1.807, 2.05) is 19.1 Å². The van der Waals surface area contributed by atoms with Crippen LogP contribution in [-0.2, 0) is 4.79 Å². The van der Waals surface area contributed by atoms with Crippen LogP contribution in [0, 0.1) is 12.8 Å². The molecule has 9 heteroatoms. The fourth-order valence-corrected chi connectivity index (χ4v) is 4.42. The Morgan fingerprint density at radius 3 is 2.26 bits per heavy atom. The van der Waals surface area contributed by atoms with Gasteiger partial charge in [-0.05, 0) is 48.7 Å². The molecule has 0 bridgehead atoms. The number of halogens is 2. The number of benzene rings is 2. The number of rotatable bonds is 7. The highest BCUT2D eigenvalue weighted by molar-refractivity contribution is 6.37. The number of aryl methyl sites for hydroxylation is 1. The van der Waals surface area contributed by atoms with Crippen molar-refractivity contribution >= 4 is 35.3 Å². The first-order valence-corrected chi connectivity index (χ1v) is 10.5. The highest BCUT2D eigenvalue weighted by Crippen LogP contribution is 2.35. The van der Waals surface area contributed by atoms with Gasteiger partial charge >= 0.3 is 12.1 Å². The van der Waals surface area contributed by atoms with Crippen molar-refractivity contribution in [2.45, 2.75) is 19.3 Å². The lowest BCUT2D eigenvalue weighted by molar-refractivity contribution is -0.144. The lowest BCUT2D eigenvalue weighted by Gasteiger charge is -2.35. The van der Waals surface area contributed by atoms with Crippen molar-refractivity contribution in [3.8, 4) is 11.5 Å². The van der Waals surface area contributed by atoms with Gasteiger partial charge in [0.1, 0.15) is 19.0 Å². The second-order valence-electron chi connectivity index (χ2n) is 7.39. The summed E-state index contributed by atoms with van der Waals surface area (Å²) in [4.78, 5) is 24.0. The Morgan fingerprint density at radius 1 is 1.06 bits per heavy atom. The van der Waals surface area contributed by atoms with Crippen molar-refractivity contribution in [2.24, 2.45) is 5.92 Å². The normalized spacial score (nSPS) is 18.5. The number of hydrogen-bond acceptors (Lipinski definition) is 4. The molecular weight excluding hydrogens is 445 g/mol. The lowest BCUT2D eigenvalue weighted by Crippen LogP contribution is -2.45. The maximum Gasteiger partial charge on any atom is 0.407 e. The molecule has 1 amide bonds. The van der Waals surface area contributed by atoms with Crippen molar-refractivity contribution in [3.63, 3.8) is 0 Å². The zero-order valence-electron chi connectivity index (χ0n) is 16.9. The summed E-state index contributed by atoms with van der Waals surface area (Å²) in [5.74, 6) is -1.00. The number of nitrogens with zero attached hydrogens (tertiary/aromatic N) is 1. The first-order valence-electron chi connectivity index (χ1n) is 9.78. The minimum absolute atomic E-state index is 0.0188. The summed E-state index contributed by atoms with van der Waals surface area (Å²) in [6, 6.07) is 10.7. The number of aliphatic carboxylic acids is 1. The van der Waals surface area contributed by atoms with E-state index in [1.165, 1.54) is 0 Å². The monoisotopic (exact) mass is 467 g/mol. The second-order valence-corrected chi connectivity index (χ2v) is 8.21. The maximum atomic E-state index is 11.7. The van der Waals surface area contributed by atoms with E-state index >= 15 is 0 Å². The highest BCUT2D eigenvalue weighted by Gasteiger charge is 2.36. The van der Waals surface area contributed by atoms with E-state index in [0.29, 0.717) is 34.5 Å². The summed E-state index contributed by atoms with van der Waals surface area (Å²) in [6.45, 7) is 2.70. The van der Waals surface area contributed by atoms with Crippen molar-refractivity contribution < 1.29 is 29.3 Å². The number of carbonyl (C=O) groups is 2. The molecule has 1 aliphatic heterocycles. The van der Waals surface area contributed by atoms with Crippen molar-refractivity contribution in [2.75, 3.05) is 26.3 Å². The van der Waals surface area contributed by atoms with Crippen LogP contribution in [-0.4, -0.2) is 53.5 Å². The Hall–Kier alpha value is -2.64. The predicted molar refractivity (Wildman–Crippen MR) is 117 cm³/mol. The Balaban J connectivity index is 1.55. The van der Waals surface area contributed by atoms with Gasteiger partial charge in [0, 0.05) is 19.0 Å². The standard InChI is InChI=1S/C22H23Cl2NO6/c1-13-10-18(23)20(19(24)11-13)31-9-8-30-15-4-2-14(3-5-15)16-6-7-25(22(28)29)12-17(16)21(26)27/h2-5,10-11,16-17H,6-9,12H2,1H3,(H,26,27)(H,28,29)/t16-,17?/m1/s1. The molecule has 0 spiro atoms. The smallest absolute Gasteiger partial charge is 0.407 e. The van der Waals surface area contributed by atoms with Crippen LogP contribution in [0.15, 0.2) is 36.4 Å². The van der Waals surface area contributed by atoms with Gasteiger partial charge in [-0.15, -0.1) is 0 Å². The third-order valence-corrected chi connectivity index (χ3v) is 5.81. The highest BCUT2D eigenvalue weighted by atomic mass is 35.5. The topological polar surface area (TPSA) is 96.3 Å². The maximum absolute atomic E-state index is 11.7. The molecule has 1 saturated heterocycles. The van der Waals surface area contributed by atoms with E-state index in [0.717, 1.165) is 16.0 Å². The molecule has 1 fully saturated rings. The molecule has 31 heavy (non-hydrogen) atoms. The van der Waals surface area contributed by atoms with Gasteiger partial charge in [-0.25, -0.2) is 4.79 Å². The summed E-state index contributed by atoms with van der Waals surface area (Å²) in [5, 5.41) is 19.6. The molecular formula is C22H23Cl2NO6. The first-order chi connectivity index (χ1) is 14.8. The molecule has 0 aliphatic carbocycles. The Morgan fingerprint density at radius 2 is 1.68 bits per heavy atom. The van der Waals surface area contributed by atoms with Crippen LogP contribution in [0.5, 0.6) is 11.5 Å². The van der Waals surface area contributed by atoms with Crippen molar-refractivity contribution in [3.05, 3.63) is 57.6 Å². The Kier molecular flexibility index (Phi) is 7.51. The molecule has 2 aromatic carbocycles. The number of amides is 1. The van der Waals surface area contributed by atoms with Crippen LogP contribution >= 0.6 is 23.2 Å². The first kappa shape index (κ1) is 23.0. The molecule has 2 atom stereocenters. The zero-order chi connectivity index (χ0) is 22.5. The minimum Gasteiger partial charge on any atom is -0.490 e. The van der Waals surface area contributed by atoms with Crippen LogP contribution in [0.4, 0.5) is 4.79 Å². The number of likely N-dealkylation sites (tertiary alicyclic amines) is 1. The van der Waals surface area contributed by atoms with Crippen LogP contribution in [0.2, 0.25) is 10.0 Å². The lowest BCUT2D eigenvalue weighted by atomic mass is 9.80. The average molecular weight is 468 g/mol. The van der Waals surface area contributed by atoms with Crippen LogP contribution < -0.4 is 9.47 Å². The largest absolute Gasteiger partial charge is 0.490 e. The average Bonchev–Trinajstić information content (AvgIpc) is 2.72. The van der Waals surface area contributed by atoms with E-state index < -0.39 is 18.0 Å². The molecule has 2 N–H and O–H groups in total. The molecule has 1 unspecified atom stereocenters. The number of ether oxygens (including phenoxy) is 2. The third kappa shape index (κ3) is 5.74. The predicted octanol–water partition coefficient (Wildman–Crippen LogP) is 4.93. The third-order valence-electron chi connectivity index (χ3n) is 5.25. The fraction of sp³-hybridized carbons (Fsp3) is 0.364. The number of carboxylic acids is 1. The Labute approximate surface area is 190 Å². The van der Waals surface area contributed by atoms with Gasteiger partial charge in [-0.3, -0.25) is 4.79 Å². The van der Waals surface area contributed by atoms with E-state index in [4.69, 9.17) is 37.8 Å². The summed E-state index contributed by atoms with van der Waals surface area (Å²) < 4.78 is 11.3. The molecule has 166 valence electrons. The van der Waals surface area contributed by atoms with E-state index in [1.54, 1.807) is 24.3 Å². The fourth-order valence-electron chi connectivity index (χ4n) is 3.71. The molecule has 2 aromatic rings. The quantitative estimate of drug-likeness (QED) is 0.560. The molecule has 1 heterocycles. The van der Waals surface area contributed by atoms with Crippen LogP contribution in [0.3, 0.4) is 0 Å². The van der Waals surface area contributed by atoms with E-state index in [-0.39, 0.29) is 25.7 Å². The number of carboxylic acid groups (broad SMARTS) is 2. The molecule has 3 rings (SSSR count). The second kappa shape index (κ2) is 10.1. The molecule has 0 radical (unpaired) electrons. The zero-order valence-corrected chi connectivity index (χ0v) is 18.4. The summed E-state index contributed by atoms with van der Waals surface area (Å²) in [6.07, 6.45) is -0.640. The van der Waals surface area contributed by atoms with E-state index in [9.17, 15) is 14.7 Å². The summed E-state index contributed by atoms with van der Waals surface area (Å²) in [7, 11) is 0. The summed E-state index contributed by atoms with van der Waals surface area (Å²) in [5.41, 5.74) is 1.79. The van der Waals surface area contributed by atoms with Crippen LogP contribution in [0.25, 0.3) is 0 Å². The van der Waals surface area contributed by atoms with Gasteiger partial charge < -0.3 is 24.6 Å². The van der Waals surface area contributed by atoms with Gasteiger partial charge in [0.2, 0.25) is 0 Å². The molecule has 7 nitrogen and oxygen atoms in total. The van der Waals surface area contributed by atoms with Gasteiger partial charge in [-0.2, -0.15) is 0 Å². The molecule has 0 saturated carbocycles. The SMILES string of the molecule is Cc1cc(Cl)c(OCCOc2ccc([C@H]3CCN(C(=O)O)CC3C(=O)O)cc2)c(Cl)c1. The van der Waals surface area contributed by atoms with Crippen molar-refractivity contribution in [1.29, 1.82) is 0 Å². The van der Waals surface area contributed by atoms with Crippen molar-refractivity contribution in [1.82, 2.24) is 4.90 Å². The Bertz CT molecular complexity index is 927. The molecule has 0 aromatic heterocycles. The molecule has 1 aliphatic rings. The van der Waals surface area contributed by atoms with Crippen LogP contribution in [0.1, 0.15) is 23.5 Å². The van der Waals surface area contributed by atoms with Gasteiger partial charge in [0.25, 0.3) is 0 Å². The van der Waals surface area contributed by atoms with E-state index in [2.05, 4.69) is 0 Å². The minimum atomic E-state index is -1.09. The van der Waals surface area contributed by atoms with Gasteiger partial charge in [-0.1, -0.05) is 35.3 Å². The van der Waals surface area contributed by atoms with Gasteiger partial charge in [0.15, 0.2) is 5.75 Å².